The molecule has 1 aliphatic heterocycles. The van der Waals surface area contributed by atoms with Gasteiger partial charge in [0.25, 0.3) is 0 Å². The monoisotopic (exact) mass is 810 g/mol. The Morgan fingerprint density at radius 3 is 2.59 bits per heavy atom. The van der Waals surface area contributed by atoms with Crippen LogP contribution in [0.15, 0.2) is 91.1 Å². The number of aromatic nitrogens is 2. The molecule has 6 atom stereocenters. The topological polar surface area (TPSA) is 166 Å². The standard InChI is InChI=1S/C47H62N4O8/c52-39(20-18-34-11-4-3-5-12-34)21-22-42-41(44(53)29-45(42)54)16-6-1-2-7-17-46(55)57-25-10-26-58-47(56)33-59-40-15-8-13-35(27-40)31-51-24-9-14-38(32-51)49-37-19-23-43-36(28-37)30-48-50-43/h1,3-6,8,11-13,15,19,23,27-28,30,38-39,41-42,44-45,49,52-54H,2,7,9-10,14,16-18,20-22,24-26,29,31-33H2,(H,48,50)/b6-1+/t38-,39-,41+,42+,44-,45+/m0/s1. The second-order valence-electron chi connectivity index (χ2n) is 16.2. The van der Waals surface area contributed by atoms with Crippen LogP contribution in [0.25, 0.3) is 10.9 Å². The van der Waals surface area contributed by atoms with E-state index in [1.54, 1.807) is 0 Å². The van der Waals surface area contributed by atoms with Crippen LogP contribution in [0.5, 0.6) is 5.75 Å². The lowest BCUT2D eigenvalue weighted by molar-refractivity contribution is -0.147. The maximum atomic E-state index is 12.3. The molecule has 6 rings (SSSR count). The molecular weight excluding hydrogens is 749 g/mol. The van der Waals surface area contributed by atoms with Crippen LogP contribution in [0, 0.1) is 11.8 Å². The van der Waals surface area contributed by atoms with Crippen molar-refractivity contribution in [3.05, 3.63) is 102 Å². The van der Waals surface area contributed by atoms with Gasteiger partial charge in [-0.3, -0.25) is 14.8 Å². The lowest BCUT2D eigenvalue weighted by atomic mass is 9.85. The second-order valence-corrected chi connectivity index (χ2v) is 16.2. The Kier molecular flexibility index (Phi) is 17.2. The minimum Gasteiger partial charge on any atom is -0.482 e. The van der Waals surface area contributed by atoms with Gasteiger partial charge in [0.05, 0.1) is 43.2 Å². The molecule has 5 N–H and O–H groups in total. The van der Waals surface area contributed by atoms with Crippen molar-refractivity contribution in [3.63, 3.8) is 0 Å². The highest BCUT2D eigenvalue weighted by molar-refractivity contribution is 5.81. The zero-order chi connectivity index (χ0) is 41.2. The molecule has 0 spiro atoms. The first kappa shape index (κ1) is 43.8. The van der Waals surface area contributed by atoms with Gasteiger partial charge in [-0.2, -0.15) is 5.10 Å². The SMILES string of the molecule is O=C(CCC/C=C/C[C@@H]1[C@@H](CC[C@@H](O)CCc2ccccc2)[C@H](O)C[C@@H]1O)OCCCOC(=O)COc1cccc(CN2CCC[C@H](Nc3ccc4[nH]ncc4c3)C2)c1. The molecule has 3 aromatic carbocycles. The second kappa shape index (κ2) is 23.1. The third kappa shape index (κ3) is 14.5. The first-order valence-electron chi connectivity index (χ1n) is 21.5. The van der Waals surface area contributed by atoms with Crippen LogP contribution >= 0.6 is 0 Å². The Morgan fingerprint density at radius 2 is 1.73 bits per heavy atom. The van der Waals surface area contributed by atoms with Crippen molar-refractivity contribution in [2.45, 2.75) is 108 Å². The number of rotatable bonds is 23. The predicted molar refractivity (Wildman–Crippen MR) is 228 cm³/mol. The molecule has 12 nitrogen and oxygen atoms in total. The predicted octanol–water partition coefficient (Wildman–Crippen LogP) is 6.74. The molecule has 0 amide bonds. The number of piperidine rings is 1. The van der Waals surface area contributed by atoms with Crippen LogP contribution < -0.4 is 10.1 Å². The summed E-state index contributed by atoms with van der Waals surface area (Å²) in [5.74, 6) is -0.262. The van der Waals surface area contributed by atoms with E-state index in [1.807, 2.05) is 60.8 Å². The number of esters is 2. The van der Waals surface area contributed by atoms with E-state index in [4.69, 9.17) is 14.2 Å². The average Bonchev–Trinajstić information content (AvgIpc) is 3.82. The van der Waals surface area contributed by atoms with Gasteiger partial charge >= 0.3 is 11.9 Å². The lowest BCUT2D eigenvalue weighted by Gasteiger charge is -2.33. The molecule has 0 bridgehead atoms. The molecule has 0 radical (unpaired) electrons. The Bertz CT molecular complexity index is 1900. The number of ether oxygens (including phenoxy) is 3. The van der Waals surface area contributed by atoms with Crippen molar-refractivity contribution in [1.29, 1.82) is 0 Å². The van der Waals surface area contributed by atoms with Gasteiger partial charge in [-0.25, -0.2) is 4.79 Å². The number of aliphatic hydroxyl groups is 3. The van der Waals surface area contributed by atoms with E-state index in [0.717, 1.165) is 61.1 Å². The molecule has 1 aromatic heterocycles. The molecule has 0 unspecified atom stereocenters. The van der Waals surface area contributed by atoms with Gasteiger partial charge in [-0.1, -0.05) is 54.6 Å². The molecule has 1 saturated carbocycles. The molecule has 12 heteroatoms. The van der Waals surface area contributed by atoms with Crippen LogP contribution in [0.1, 0.15) is 81.8 Å². The van der Waals surface area contributed by atoms with E-state index >= 15 is 0 Å². The third-order valence-electron chi connectivity index (χ3n) is 11.6. The van der Waals surface area contributed by atoms with Crippen LogP contribution in [0.2, 0.25) is 0 Å². The highest BCUT2D eigenvalue weighted by Crippen LogP contribution is 2.38. The number of carbonyl (C=O) groups excluding carboxylic acids is 2. The van der Waals surface area contributed by atoms with Crippen molar-refractivity contribution in [2.24, 2.45) is 11.8 Å². The molecule has 1 aliphatic carbocycles. The van der Waals surface area contributed by atoms with Crippen LogP contribution in [-0.2, 0) is 32.0 Å². The lowest BCUT2D eigenvalue weighted by Crippen LogP contribution is -2.41. The fraction of sp³-hybridized carbons (Fsp3) is 0.511. The highest BCUT2D eigenvalue weighted by Gasteiger charge is 2.40. The van der Waals surface area contributed by atoms with E-state index in [9.17, 15) is 24.9 Å². The number of nitrogens with one attached hydrogen (secondary N) is 2. The van der Waals surface area contributed by atoms with E-state index < -0.39 is 24.3 Å². The van der Waals surface area contributed by atoms with Gasteiger partial charge in [0, 0.05) is 43.0 Å². The number of likely N-dealkylation sites (tertiary alicyclic amines) is 1. The summed E-state index contributed by atoms with van der Waals surface area (Å²) in [6, 6.07) is 24.5. The number of fused-ring (bicyclic) bond motifs is 1. The summed E-state index contributed by atoms with van der Waals surface area (Å²) >= 11 is 0. The van der Waals surface area contributed by atoms with Crippen LogP contribution in [0.3, 0.4) is 0 Å². The Labute approximate surface area is 347 Å². The van der Waals surface area contributed by atoms with Gasteiger partial charge in [0.2, 0.25) is 0 Å². The summed E-state index contributed by atoms with van der Waals surface area (Å²) in [4.78, 5) is 27.0. The van der Waals surface area contributed by atoms with Gasteiger partial charge in [-0.15, -0.1) is 0 Å². The Balaban J connectivity index is 0.783. The zero-order valence-electron chi connectivity index (χ0n) is 34.1. The average molecular weight is 811 g/mol. The third-order valence-corrected chi connectivity index (χ3v) is 11.6. The van der Waals surface area contributed by atoms with E-state index in [-0.39, 0.29) is 44.0 Å². The number of nitrogens with zero attached hydrogens (tertiary/aromatic N) is 2. The number of H-pyrrole nitrogens is 1. The van der Waals surface area contributed by atoms with Gasteiger partial charge in [0.15, 0.2) is 6.61 Å². The number of carbonyl (C=O) groups is 2. The fourth-order valence-corrected chi connectivity index (χ4v) is 8.41. The molecule has 2 aliphatic rings. The minimum absolute atomic E-state index is 0.0520. The number of aliphatic hydroxyl groups excluding tert-OH is 3. The summed E-state index contributed by atoms with van der Waals surface area (Å²) < 4.78 is 16.3. The number of anilines is 1. The number of benzene rings is 3. The molecule has 2 fully saturated rings. The van der Waals surface area contributed by atoms with Gasteiger partial charge in [-0.05, 0) is 124 Å². The Morgan fingerprint density at radius 1 is 0.915 bits per heavy atom. The number of allylic oxidation sites excluding steroid dienone is 2. The number of unbranched alkanes of at least 4 members (excludes halogenated alkanes) is 1. The quantitative estimate of drug-likeness (QED) is 0.0306. The summed E-state index contributed by atoms with van der Waals surface area (Å²) in [5.41, 5.74) is 4.44. The van der Waals surface area contributed by atoms with Crippen LogP contribution in [-0.4, -0.2) is 99.6 Å². The summed E-state index contributed by atoms with van der Waals surface area (Å²) in [5, 5.41) is 43.6. The van der Waals surface area contributed by atoms with Gasteiger partial charge in [0.1, 0.15) is 5.75 Å². The van der Waals surface area contributed by atoms with E-state index in [2.05, 4.69) is 50.7 Å². The van der Waals surface area contributed by atoms with Crippen molar-refractivity contribution in [2.75, 3.05) is 38.2 Å². The first-order valence-corrected chi connectivity index (χ1v) is 21.5. The van der Waals surface area contributed by atoms with Crippen molar-refractivity contribution in [1.82, 2.24) is 15.1 Å². The molecule has 2 heterocycles. The Hall–Kier alpha value is -4.75. The number of hydrogen-bond donors (Lipinski definition) is 5. The molecule has 59 heavy (non-hydrogen) atoms. The first-order chi connectivity index (χ1) is 28.8. The number of aryl methyl sites for hydroxylation is 1. The summed E-state index contributed by atoms with van der Waals surface area (Å²) in [7, 11) is 0. The normalized spacial score (nSPS) is 21.4. The highest BCUT2D eigenvalue weighted by atomic mass is 16.6. The molecule has 318 valence electrons. The molecular formula is C47H62N4O8. The van der Waals surface area contributed by atoms with E-state index in [1.165, 1.54) is 5.56 Å². The smallest absolute Gasteiger partial charge is 0.344 e. The molecule has 1 saturated heterocycles. The van der Waals surface area contributed by atoms with Gasteiger partial charge < -0.3 is 34.8 Å². The van der Waals surface area contributed by atoms with Crippen molar-refractivity contribution < 1.29 is 39.1 Å². The maximum absolute atomic E-state index is 12.3. The summed E-state index contributed by atoms with van der Waals surface area (Å²) in [6.45, 7) is 2.84. The minimum atomic E-state index is -0.566. The maximum Gasteiger partial charge on any atom is 0.344 e. The number of aromatic amines is 1. The van der Waals surface area contributed by atoms with Crippen LogP contribution in [0.4, 0.5) is 5.69 Å². The number of hydrogen-bond acceptors (Lipinski definition) is 11. The zero-order valence-corrected chi connectivity index (χ0v) is 34.1. The largest absolute Gasteiger partial charge is 0.482 e. The summed E-state index contributed by atoms with van der Waals surface area (Å²) in [6.07, 6.45) is 12.3. The van der Waals surface area contributed by atoms with Crippen molar-refractivity contribution >= 4 is 28.5 Å². The van der Waals surface area contributed by atoms with Crippen molar-refractivity contribution in [3.8, 4) is 5.75 Å². The fourth-order valence-electron chi connectivity index (χ4n) is 8.41. The molecule has 4 aromatic rings. The van der Waals surface area contributed by atoms with E-state index in [0.29, 0.717) is 63.2 Å².